The van der Waals surface area contributed by atoms with E-state index in [0.717, 1.165) is 0 Å². The summed E-state index contributed by atoms with van der Waals surface area (Å²) in [5, 5.41) is 9.03. The van der Waals surface area contributed by atoms with Gasteiger partial charge in [-0.25, -0.2) is 4.79 Å². The predicted octanol–water partition coefficient (Wildman–Crippen LogP) is 1.99. The van der Waals surface area contributed by atoms with Gasteiger partial charge >= 0.3 is 5.97 Å². The molecule has 1 N–H and O–H groups in total. The molecule has 0 aliphatic rings. The molecule has 4 heteroatoms. The maximum Gasteiger partial charge on any atom is 0.337 e. The van der Waals surface area contributed by atoms with Crippen LogP contribution in [0.25, 0.3) is 5.69 Å². The molecule has 0 radical (unpaired) electrons. The number of para-hydroxylation sites is 1. The number of hydrogen-bond donors (Lipinski definition) is 1. The Morgan fingerprint density at radius 2 is 1.94 bits per heavy atom. The fraction of sp³-hybridized carbons (Fsp3) is 0. The quantitative estimate of drug-likeness (QED) is 0.796. The topological polar surface area (TPSA) is 59.3 Å². The van der Waals surface area contributed by atoms with Gasteiger partial charge in [-0.1, -0.05) is 12.1 Å². The average molecular weight is 215 g/mol. The molecule has 2 aromatic rings. The standard InChI is InChI=1S/C12H9NO3/c14-8-9-4-3-7-13(9)11-6-2-1-5-10(11)12(15)16/h1-8H,(H,15,16). The van der Waals surface area contributed by atoms with Crippen molar-refractivity contribution >= 4 is 12.3 Å². The fourth-order valence-corrected chi connectivity index (χ4v) is 1.57. The van der Waals surface area contributed by atoms with Crippen LogP contribution >= 0.6 is 0 Å². The van der Waals surface area contributed by atoms with Crippen molar-refractivity contribution < 1.29 is 14.7 Å². The lowest BCUT2D eigenvalue weighted by Crippen LogP contribution is -2.06. The highest BCUT2D eigenvalue weighted by Gasteiger charge is 2.11. The van der Waals surface area contributed by atoms with Crippen LogP contribution in [0, 0.1) is 0 Å². The molecule has 16 heavy (non-hydrogen) atoms. The number of aromatic carboxylic acids is 1. The second-order valence-electron chi connectivity index (χ2n) is 3.24. The molecule has 0 saturated carbocycles. The van der Waals surface area contributed by atoms with Crippen molar-refractivity contribution in [1.82, 2.24) is 4.57 Å². The smallest absolute Gasteiger partial charge is 0.337 e. The molecule has 0 amide bonds. The largest absolute Gasteiger partial charge is 0.478 e. The summed E-state index contributed by atoms with van der Waals surface area (Å²) in [6, 6.07) is 9.88. The molecule has 1 heterocycles. The number of rotatable bonds is 3. The van der Waals surface area contributed by atoms with Crippen LogP contribution < -0.4 is 0 Å². The van der Waals surface area contributed by atoms with Crippen molar-refractivity contribution in [3.8, 4) is 5.69 Å². The van der Waals surface area contributed by atoms with Crippen LogP contribution in [0.5, 0.6) is 0 Å². The zero-order valence-corrected chi connectivity index (χ0v) is 8.33. The number of carboxylic acid groups (broad SMARTS) is 1. The van der Waals surface area contributed by atoms with Crippen molar-refractivity contribution in [1.29, 1.82) is 0 Å². The van der Waals surface area contributed by atoms with E-state index in [4.69, 9.17) is 5.11 Å². The highest BCUT2D eigenvalue weighted by Crippen LogP contribution is 2.16. The van der Waals surface area contributed by atoms with Gasteiger partial charge in [0, 0.05) is 6.20 Å². The van der Waals surface area contributed by atoms with Gasteiger partial charge in [-0.2, -0.15) is 0 Å². The van der Waals surface area contributed by atoms with Gasteiger partial charge < -0.3 is 9.67 Å². The van der Waals surface area contributed by atoms with Gasteiger partial charge in [0.15, 0.2) is 6.29 Å². The first-order valence-corrected chi connectivity index (χ1v) is 4.69. The Morgan fingerprint density at radius 1 is 1.19 bits per heavy atom. The summed E-state index contributed by atoms with van der Waals surface area (Å²) in [4.78, 5) is 21.8. The highest BCUT2D eigenvalue weighted by atomic mass is 16.4. The number of aldehydes is 1. The van der Waals surface area contributed by atoms with Gasteiger partial charge in [0.25, 0.3) is 0 Å². The molecule has 1 aromatic heterocycles. The second-order valence-corrected chi connectivity index (χ2v) is 3.24. The monoisotopic (exact) mass is 215 g/mol. The summed E-state index contributed by atoms with van der Waals surface area (Å²) in [6.07, 6.45) is 2.35. The maximum atomic E-state index is 11.0. The van der Waals surface area contributed by atoms with Crippen molar-refractivity contribution in [2.24, 2.45) is 0 Å². The van der Waals surface area contributed by atoms with Crippen molar-refractivity contribution in [3.63, 3.8) is 0 Å². The lowest BCUT2D eigenvalue weighted by molar-refractivity contribution is 0.0696. The zero-order chi connectivity index (χ0) is 11.5. The minimum absolute atomic E-state index is 0.168. The summed E-state index contributed by atoms with van der Waals surface area (Å²) in [6.45, 7) is 0. The maximum absolute atomic E-state index is 11.0. The molecule has 1 aromatic carbocycles. The normalized spacial score (nSPS) is 10.0. The lowest BCUT2D eigenvalue weighted by atomic mass is 10.2. The molecule has 4 nitrogen and oxygen atoms in total. The molecule has 0 aliphatic heterocycles. The Balaban J connectivity index is 2.64. The summed E-state index contributed by atoms with van der Waals surface area (Å²) >= 11 is 0. The number of benzene rings is 1. The van der Waals surface area contributed by atoms with Crippen LogP contribution in [0.2, 0.25) is 0 Å². The van der Waals surface area contributed by atoms with Crippen molar-refractivity contribution in [2.75, 3.05) is 0 Å². The third-order valence-electron chi connectivity index (χ3n) is 2.30. The van der Waals surface area contributed by atoms with E-state index < -0.39 is 5.97 Å². The summed E-state index contributed by atoms with van der Waals surface area (Å²) < 4.78 is 1.55. The van der Waals surface area contributed by atoms with Crippen molar-refractivity contribution in [2.45, 2.75) is 0 Å². The van der Waals surface area contributed by atoms with E-state index in [0.29, 0.717) is 17.7 Å². The van der Waals surface area contributed by atoms with E-state index in [-0.39, 0.29) is 5.56 Å². The van der Waals surface area contributed by atoms with E-state index in [9.17, 15) is 9.59 Å². The van der Waals surface area contributed by atoms with E-state index in [1.54, 1.807) is 41.1 Å². The van der Waals surface area contributed by atoms with Crippen LogP contribution in [0.4, 0.5) is 0 Å². The number of aromatic nitrogens is 1. The van der Waals surface area contributed by atoms with E-state index in [1.807, 2.05) is 0 Å². The summed E-state index contributed by atoms with van der Waals surface area (Å²) in [5.74, 6) is -1.01. The Morgan fingerprint density at radius 3 is 2.62 bits per heavy atom. The number of carboxylic acids is 1. The van der Waals surface area contributed by atoms with Crippen molar-refractivity contribution in [3.05, 3.63) is 53.9 Å². The summed E-state index contributed by atoms with van der Waals surface area (Å²) in [7, 11) is 0. The molecule has 0 atom stereocenters. The first-order valence-electron chi connectivity index (χ1n) is 4.69. The highest BCUT2D eigenvalue weighted by molar-refractivity contribution is 5.92. The summed E-state index contributed by atoms with van der Waals surface area (Å²) in [5.41, 5.74) is 1.08. The molecule has 80 valence electrons. The van der Waals surface area contributed by atoms with Gasteiger partial charge in [-0.15, -0.1) is 0 Å². The minimum Gasteiger partial charge on any atom is -0.478 e. The van der Waals surface area contributed by atoms with E-state index in [2.05, 4.69) is 0 Å². The van der Waals surface area contributed by atoms with Gasteiger partial charge in [0.2, 0.25) is 0 Å². The first-order chi connectivity index (χ1) is 7.74. The fourth-order valence-electron chi connectivity index (χ4n) is 1.57. The van der Waals surface area contributed by atoms with Gasteiger partial charge in [-0.05, 0) is 24.3 Å². The van der Waals surface area contributed by atoms with Gasteiger partial charge in [0.1, 0.15) is 0 Å². The van der Waals surface area contributed by atoms with Gasteiger partial charge in [0.05, 0.1) is 16.9 Å². The predicted molar refractivity (Wildman–Crippen MR) is 58.1 cm³/mol. The number of carbonyl (C=O) groups excluding carboxylic acids is 1. The first kappa shape index (κ1) is 10.2. The Bertz CT molecular complexity index is 543. The van der Waals surface area contributed by atoms with Gasteiger partial charge in [-0.3, -0.25) is 4.79 Å². The number of hydrogen-bond acceptors (Lipinski definition) is 2. The molecule has 2 rings (SSSR count). The second kappa shape index (κ2) is 4.02. The average Bonchev–Trinajstić information content (AvgIpc) is 2.76. The Hall–Kier alpha value is -2.36. The van der Waals surface area contributed by atoms with Crippen LogP contribution in [-0.2, 0) is 0 Å². The zero-order valence-electron chi connectivity index (χ0n) is 8.33. The van der Waals surface area contributed by atoms with E-state index >= 15 is 0 Å². The molecule has 0 fully saturated rings. The molecule has 0 saturated heterocycles. The lowest BCUT2D eigenvalue weighted by Gasteiger charge is -2.08. The minimum atomic E-state index is -1.01. The van der Waals surface area contributed by atoms with E-state index in [1.165, 1.54) is 6.07 Å². The third kappa shape index (κ3) is 1.61. The SMILES string of the molecule is O=Cc1cccn1-c1ccccc1C(=O)O. The Labute approximate surface area is 91.8 Å². The molecule has 0 bridgehead atoms. The molecular weight excluding hydrogens is 206 g/mol. The third-order valence-corrected chi connectivity index (χ3v) is 2.30. The number of carbonyl (C=O) groups is 2. The van der Waals surface area contributed by atoms with Crippen LogP contribution in [0.1, 0.15) is 20.8 Å². The number of nitrogens with zero attached hydrogens (tertiary/aromatic N) is 1. The molecule has 0 spiro atoms. The van der Waals surface area contributed by atoms with Crippen LogP contribution in [0.15, 0.2) is 42.6 Å². The molecule has 0 aliphatic carbocycles. The van der Waals surface area contributed by atoms with Crippen LogP contribution in [0.3, 0.4) is 0 Å². The van der Waals surface area contributed by atoms with Crippen LogP contribution in [-0.4, -0.2) is 21.9 Å². The molecular formula is C12H9NO3. The Kier molecular flexibility index (Phi) is 2.55. The molecule has 0 unspecified atom stereocenters.